The Morgan fingerprint density at radius 1 is 1.39 bits per heavy atom. The Morgan fingerprint density at radius 3 is 2.78 bits per heavy atom. The first-order chi connectivity index (χ1) is 11.2. The van der Waals surface area contributed by atoms with Crippen LogP contribution in [0.1, 0.15) is 29.4 Å². The summed E-state index contributed by atoms with van der Waals surface area (Å²) in [6.45, 7) is 2.98. The fraction of sp³-hybridized carbons (Fsp3) is 0.389. The number of thiophene rings is 1. The van der Waals surface area contributed by atoms with Crippen molar-refractivity contribution in [2.75, 3.05) is 13.2 Å². The number of nitrogens with two attached hydrogens (primary N) is 1. The summed E-state index contributed by atoms with van der Waals surface area (Å²) in [5.41, 5.74) is 7.15. The topological polar surface area (TPSA) is 64.3 Å². The molecule has 0 radical (unpaired) electrons. The lowest BCUT2D eigenvalue weighted by molar-refractivity contribution is 0.0951. The number of hydrogen-bond acceptors (Lipinski definition) is 4. The van der Waals surface area contributed by atoms with Gasteiger partial charge in [-0.05, 0) is 37.3 Å². The van der Waals surface area contributed by atoms with Gasteiger partial charge < -0.3 is 15.8 Å². The maximum Gasteiger partial charge on any atom is 0.265 e. The van der Waals surface area contributed by atoms with Gasteiger partial charge in [0.25, 0.3) is 5.91 Å². The van der Waals surface area contributed by atoms with E-state index in [-0.39, 0.29) is 11.9 Å². The van der Waals surface area contributed by atoms with Crippen LogP contribution in [0.2, 0.25) is 0 Å². The van der Waals surface area contributed by atoms with Gasteiger partial charge >= 0.3 is 0 Å². The maximum absolute atomic E-state index is 12.5. The van der Waals surface area contributed by atoms with E-state index in [9.17, 15) is 4.79 Å². The van der Waals surface area contributed by atoms with E-state index < -0.39 is 0 Å². The predicted octanol–water partition coefficient (Wildman–Crippen LogP) is 3.28. The van der Waals surface area contributed by atoms with Crippen LogP contribution in [0.5, 0.6) is 5.75 Å². The van der Waals surface area contributed by atoms with Gasteiger partial charge in [0.15, 0.2) is 0 Å². The number of amides is 1. The lowest BCUT2D eigenvalue weighted by Gasteiger charge is -2.11. The fourth-order valence-electron chi connectivity index (χ4n) is 2.52. The van der Waals surface area contributed by atoms with E-state index in [1.54, 1.807) is 0 Å². The van der Waals surface area contributed by atoms with Crippen molar-refractivity contribution in [3.8, 4) is 16.2 Å². The minimum absolute atomic E-state index is 0.0584. The monoisotopic (exact) mass is 330 g/mol. The summed E-state index contributed by atoms with van der Waals surface area (Å²) < 4.78 is 5.65. The van der Waals surface area contributed by atoms with Crippen molar-refractivity contribution >= 4 is 17.2 Å². The molecule has 4 nitrogen and oxygen atoms in total. The predicted molar refractivity (Wildman–Crippen MR) is 94.0 cm³/mol. The number of carbonyl (C=O) groups is 1. The van der Waals surface area contributed by atoms with E-state index in [0.717, 1.165) is 10.4 Å². The van der Waals surface area contributed by atoms with Crippen molar-refractivity contribution in [2.45, 2.75) is 25.8 Å². The molecule has 1 aliphatic carbocycles. The molecule has 3 rings (SSSR count). The van der Waals surface area contributed by atoms with Crippen molar-refractivity contribution in [1.29, 1.82) is 0 Å². The Hall–Kier alpha value is -1.85. The summed E-state index contributed by atoms with van der Waals surface area (Å²) in [6, 6.07) is 12.0. The van der Waals surface area contributed by atoms with Crippen LogP contribution in [-0.2, 0) is 0 Å². The Morgan fingerprint density at radius 2 is 2.13 bits per heavy atom. The van der Waals surface area contributed by atoms with Gasteiger partial charge in [0, 0.05) is 17.5 Å². The van der Waals surface area contributed by atoms with Gasteiger partial charge in [0.1, 0.15) is 10.6 Å². The van der Waals surface area contributed by atoms with Gasteiger partial charge in [-0.15, -0.1) is 11.3 Å². The third kappa shape index (κ3) is 3.92. The van der Waals surface area contributed by atoms with Gasteiger partial charge in [-0.3, -0.25) is 4.79 Å². The molecular weight excluding hydrogens is 308 g/mol. The number of hydrogen-bond donors (Lipinski definition) is 2. The molecule has 0 spiro atoms. The number of nitrogens with one attached hydrogen (secondary N) is 1. The Kier molecular flexibility index (Phi) is 4.98. The second kappa shape index (κ2) is 7.15. The second-order valence-corrected chi connectivity index (χ2v) is 6.87. The van der Waals surface area contributed by atoms with Crippen molar-refractivity contribution < 1.29 is 9.53 Å². The van der Waals surface area contributed by atoms with Crippen molar-refractivity contribution in [3.63, 3.8) is 0 Å². The highest BCUT2D eigenvalue weighted by Gasteiger charge is 2.29. The number of benzene rings is 1. The molecule has 122 valence electrons. The summed E-state index contributed by atoms with van der Waals surface area (Å²) in [7, 11) is 0. The number of carbonyl (C=O) groups excluding carboxylic acids is 1. The van der Waals surface area contributed by atoms with Crippen molar-refractivity contribution in [1.82, 2.24) is 5.32 Å². The standard InChI is InChI=1S/C18H22N2O2S/c1-2-22-15-10-16(13-6-4-3-5-7-13)23-17(15)18(21)20-11-14(19)12-8-9-12/h3-7,10,12,14H,2,8-9,11,19H2,1H3,(H,20,21). The minimum atomic E-state index is -0.100. The van der Waals surface area contributed by atoms with Gasteiger partial charge in [0.2, 0.25) is 0 Å². The molecule has 1 heterocycles. The van der Waals surface area contributed by atoms with Gasteiger partial charge in [0.05, 0.1) is 6.61 Å². The summed E-state index contributed by atoms with van der Waals surface area (Å²) >= 11 is 1.46. The molecule has 0 aliphatic heterocycles. The average molecular weight is 330 g/mol. The van der Waals surface area contributed by atoms with Crippen LogP contribution in [0.25, 0.3) is 10.4 Å². The Balaban J connectivity index is 1.76. The Labute approximate surface area is 140 Å². The molecule has 0 bridgehead atoms. The third-order valence-corrected chi connectivity index (χ3v) is 5.15. The average Bonchev–Trinajstić information content (AvgIpc) is 3.34. The van der Waals surface area contributed by atoms with Crippen LogP contribution < -0.4 is 15.8 Å². The normalized spacial score (nSPS) is 15.2. The van der Waals surface area contributed by atoms with Crippen LogP contribution in [0, 0.1) is 5.92 Å². The Bertz CT molecular complexity index is 665. The van der Waals surface area contributed by atoms with Crippen LogP contribution in [0.15, 0.2) is 36.4 Å². The molecule has 1 aromatic carbocycles. The molecular formula is C18H22N2O2S. The molecule has 1 atom stereocenters. The highest BCUT2D eigenvalue weighted by Crippen LogP contribution is 2.36. The first-order valence-corrected chi connectivity index (χ1v) is 8.86. The summed E-state index contributed by atoms with van der Waals surface area (Å²) in [4.78, 5) is 14.1. The molecule has 1 fully saturated rings. The fourth-order valence-corrected chi connectivity index (χ4v) is 3.54. The third-order valence-electron chi connectivity index (χ3n) is 3.99. The highest BCUT2D eigenvalue weighted by atomic mass is 32.1. The molecule has 0 saturated heterocycles. The molecule has 1 unspecified atom stereocenters. The second-order valence-electron chi connectivity index (χ2n) is 5.81. The molecule has 5 heteroatoms. The molecule has 1 saturated carbocycles. The van der Waals surface area contributed by atoms with Crippen LogP contribution in [-0.4, -0.2) is 25.1 Å². The van der Waals surface area contributed by atoms with Crippen LogP contribution in [0.3, 0.4) is 0 Å². The first kappa shape index (κ1) is 16.0. The number of rotatable bonds is 7. The lowest BCUT2D eigenvalue weighted by Crippen LogP contribution is -2.38. The first-order valence-electron chi connectivity index (χ1n) is 8.05. The largest absolute Gasteiger partial charge is 0.492 e. The highest BCUT2D eigenvalue weighted by molar-refractivity contribution is 7.17. The van der Waals surface area contributed by atoms with E-state index in [2.05, 4.69) is 5.32 Å². The zero-order chi connectivity index (χ0) is 16.2. The van der Waals surface area contributed by atoms with Crippen molar-refractivity contribution in [3.05, 3.63) is 41.3 Å². The summed E-state index contributed by atoms with van der Waals surface area (Å²) in [6.07, 6.45) is 2.36. The van der Waals surface area contributed by atoms with E-state index >= 15 is 0 Å². The van der Waals surface area contributed by atoms with E-state index in [4.69, 9.17) is 10.5 Å². The molecule has 2 aromatic rings. The number of ether oxygens (including phenoxy) is 1. The van der Waals surface area contributed by atoms with E-state index in [1.807, 2.05) is 43.3 Å². The van der Waals surface area contributed by atoms with Crippen molar-refractivity contribution in [2.24, 2.45) is 11.7 Å². The zero-order valence-corrected chi connectivity index (χ0v) is 14.1. The van der Waals surface area contributed by atoms with E-state index in [0.29, 0.717) is 29.7 Å². The van der Waals surface area contributed by atoms with Crippen LogP contribution in [0.4, 0.5) is 0 Å². The molecule has 1 aliphatic rings. The van der Waals surface area contributed by atoms with Gasteiger partial charge in [-0.1, -0.05) is 30.3 Å². The molecule has 3 N–H and O–H groups in total. The van der Waals surface area contributed by atoms with Crippen LogP contribution >= 0.6 is 11.3 Å². The summed E-state index contributed by atoms with van der Waals surface area (Å²) in [5.74, 6) is 1.12. The smallest absolute Gasteiger partial charge is 0.265 e. The lowest BCUT2D eigenvalue weighted by atomic mass is 10.2. The molecule has 1 aromatic heterocycles. The maximum atomic E-state index is 12.5. The zero-order valence-electron chi connectivity index (χ0n) is 13.2. The minimum Gasteiger partial charge on any atom is -0.492 e. The van der Waals surface area contributed by atoms with Gasteiger partial charge in [-0.2, -0.15) is 0 Å². The SMILES string of the molecule is CCOc1cc(-c2ccccc2)sc1C(=O)NCC(N)C1CC1. The summed E-state index contributed by atoms with van der Waals surface area (Å²) in [5, 5.41) is 2.95. The van der Waals surface area contributed by atoms with E-state index in [1.165, 1.54) is 24.2 Å². The quantitative estimate of drug-likeness (QED) is 0.819. The molecule has 1 amide bonds. The van der Waals surface area contributed by atoms with Gasteiger partial charge in [-0.25, -0.2) is 0 Å². The molecule has 23 heavy (non-hydrogen) atoms.